The summed E-state index contributed by atoms with van der Waals surface area (Å²) in [6.45, 7) is 7.17. The van der Waals surface area contributed by atoms with Gasteiger partial charge in [-0.15, -0.1) is 0 Å². The molecule has 0 bridgehead atoms. The quantitative estimate of drug-likeness (QED) is 0.883. The van der Waals surface area contributed by atoms with Crippen LogP contribution in [-0.4, -0.2) is 35.0 Å². The smallest absolute Gasteiger partial charge is 0.315 e. The Morgan fingerprint density at radius 2 is 2.12 bits per heavy atom. The van der Waals surface area contributed by atoms with Crippen LogP contribution in [0.25, 0.3) is 0 Å². The molecule has 128 valence electrons. The predicted molar refractivity (Wildman–Crippen MR) is 91.3 cm³/mol. The SMILES string of the molecule is Cc1ocnc1CNC(=O)NC1CN(Cc2ccccc2)CC1C. The molecular formula is C18H24N4O2. The van der Waals surface area contributed by atoms with E-state index in [1.165, 1.54) is 12.0 Å². The summed E-state index contributed by atoms with van der Waals surface area (Å²) in [5, 5.41) is 5.92. The number of urea groups is 1. The molecule has 6 heteroatoms. The van der Waals surface area contributed by atoms with E-state index in [1.54, 1.807) is 0 Å². The zero-order valence-corrected chi connectivity index (χ0v) is 14.2. The molecule has 1 fully saturated rings. The van der Waals surface area contributed by atoms with Crippen molar-refractivity contribution in [1.29, 1.82) is 0 Å². The van der Waals surface area contributed by atoms with Gasteiger partial charge in [0.2, 0.25) is 0 Å². The zero-order valence-electron chi connectivity index (χ0n) is 14.2. The summed E-state index contributed by atoms with van der Waals surface area (Å²) in [5.74, 6) is 1.16. The summed E-state index contributed by atoms with van der Waals surface area (Å²) in [7, 11) is 0. The molecule has 2 unspecified atom stereocenters. The number of rotatable bonds is 5. The Kier molecular flexibility index (Phi) is 5.15. The number of nitrogens with one attached hydrogen (secondary N) is 2. The average molecular weight is 328 g/mol. The molecule has 6 nitrogen and oxygen atoms in total. The van der Waals surface area contributed by atoms with Crippen molar-refractivity contribution in [2.45, 2.75) is 33.0 Å². The maximum Gasteiger partial charge on any atom is 0.315 e. The van der Waals surface area contributed by atoms with E-state index in [4.69, 9.17) is 4.42 Å². The fraction of sp³-hybridized carbons (Fsp3) is 0.444. The molecule has 2 N–H and O–H groups in total. The Bertz CT molecular complexity index is 671. The number of carbonyl (C=O) groups excluding carboxylic acids is 1. The lowest BCUT2D eigenvalue weighted by atomic mass is 10.1. The summed E-state index contributed by atoms with van der Waals surface area (Å²) in [4.78, 5) is 18.6. The van der Waals surface area contributed by atoms with Gasteiger partial charge in [0.25, 0.3) is 0 Å². The van der Waals surface area contributed by atoms with Gasteiger partial charge in [0, 0.05) is 25.7 Å². The number of hydrogen-bond acceptors (Lipinski definition) is 4. The lowest BCUT2D eigenvalue weighted by Gasteiger charge is -2.17. The van der Waals surface area contributed by atoms with E-state index >= 15 is 0 Å². The summed E-state index contributed by atoms with van der Waals surface area (Å²) in [5.41, 5.74) is 2.06. The zero-order chi connectivity index (χ0) is 16.9. The topological polar surface area (TPSA) is 70.4 Å². The van der Waals surface area contributed by atoms with E-state index in [0.717, 1.165) is 31.1 Å². The van der Waals surface area contributed by atoms with Crippen LogP contribution in [0.5, 0.6) is 0 Å². The highest BCUT2D eigenvalue weighted by Gasteiger charge is 2.30. The maximum absolute atomic E-state index is 12.1. The largest absolute Gasteiger partial charge is 0.448 e. The molecule has 2 aromatic rings. The molecule has 2 atom stereocenters. The third-order valence-corrected chi connectivity index (χ3v) is 4.51. The van der Waals surface area contributed by atoms with E-state index < -0.39 is 0 Å². The van der Waals surface area contributed by atoms with Crippen LogP contribution in [0, 0.1) is 12.8 Å². The molecule has 1 aliphatic rings. The lowest BCUT2D eigenvalue weighted by molar-refractivity contribution is 0.234. The average Bonchev–Trinajstić information content (AvgIpc) is 3.12. The third kappa shape index (κ3) is 4.14. The van der Waals surface area contributed by atoms with Crippen LogP contribution in [0.15, 0.2) is 41.1 Å². The monoisotopic (exact) mass is 328 g/mol. The number of likely N-dealkylation sites (tertiary alicyclic amines) is 1. The van der Waals surface area contributed by atoms with Gasteiger partial charge >= 0.3 is 6.03 Å². The molecule has 2 amide bonds. The van der Waals surface area contributed by atoms with Gasteiger partial charge in [-0.3, -0.25) is 4.90 Å². The molecule has 0 aliphatic carbocycles. The molecule has 1 aromatic heterocycles. The van der Waals surface area contributed by atoms with Crippen molar-refractivity contribution in [2.24, 2.45) is 5.92 Å². The molecule has 0 saturated carbocycles. The summed E-state index contributed by atoms with van der Waals surface area (Å²) in [6.07, 6.45) is 1.39. The van der Waals surface area contributed by atoms with Gasteiger partial charge < -0.3 is 15.1 Å². The number of carbonyl (C=O) groups is 1. The predicted octanol–water partition coefficient (Wildman–Crippen LogP) is 2.30. The molecule has 1 saturated heterocycles. The van der Waals surface area contributed by atoms with Crippen molar-refractivity contribution in [3.63, 3.8) is 0 Å². The number of nitrogens with zero attached hydrogens (tertiary/aromatic N) is 2. The maximum atomic E-state index is 12.1. The van der Waals surface area contributed by atoms with E-state index in [2.05, 4.69) is 51.7 Å². The van der Waals surface area contributed by atoms with Crippen LogP contribution in [0.4, 0.5) is 4.79 Å². The Hall–Kier alpha value is -2.34. The summed E-state index contributed by atoms with van der Waals surface area (Å²) in [6, 6.07) is 10.4. The molecule has 1 aliphatic heterocycles. The number of aryl methyl sites for hydroxylation is 1. The normalized spacial score (nSPS) is 20.9. The van der Waals surface area contributed by atoms with Crippen molar-refractivity contribution in [3.8, 4) is 0 Å². The van der Waals surface area contributed by atoms with Crippen LogP contribution in [0.3, 0.4) is 0 Å². The Morgan fingerprint density at radius 3 is 2.83 bits per heavy atom. The van der Waals surface area contributed by atoms with E-state index in [-0.39, 0.29) is 12.1 Å². The van der Waals surface area contributed by atoms with E-state index in [1.807, 2.05) is 13.0 Å². The van der Waals surface area contributed by atoms with Gasteiger partial charge in [0.15, 0.2) is 6.39 Å². The Labute approximate surface area is 142 Å². The fourth-order valence-electron chi connectivity index (χ4n) is 3.11. The summed E-state index contributed by atoms with van der Waals surface area (Å²) < 4.78 is 5.13. The number of amides is 2. The van der Waals surface area contributed by atoms with Gasteiger partial charge in [-0.2, -0.15) is 0 Å². The second-order valence-electron chi connectivity index (χ2n) is 6.45. The van der Waals surface area contributed by atoms with Crippen molar-refractivity contribution >= 4 is 6.03 Å². The van der Waals surface area contributed by atoms with Crippen LogP contribution in [0.2, 0.25) is 0 Å². The molecule has 24 heavy (non-hydrogen) atoms. The molecule has 2 heterocycles. The van der Waals surface area contributed by atoms with Crippen LogP contribution < -0.4 is 10.6 Å². The first-order valence-corrected chi connectivity index (χ1v) is 8.31. The first-order valence-electron chi connectivity index (χ1n) is 8.31. The highest BCUT2D eigenvalue weighted by molar-refractivity contribution is 5.74. The van der Waals surface area contributed by atoms with Crippen molar-refractivity contribution < 1.29 is 9.21 Å². The molecule has 3 rings (SSSR count). The molecule has 1 aromatic carbocycles. The minimum absolute atomic E-state index is 0.157. The number of oxazole rings is 1. The van der Waals surface area contributed by atoms with E-state index in [0.29, 0.717) is 12.5 Å². The second kappa shape index (κ2) is 7.49. The van der Waals surface area contributed by atoms with E-state index in [9.17, 15) is 4.79 Å². The van der Waals surface area contributed by atoms with Gasteiger partial charge in [-0.1, -0.05) is 37.3 Å². The molecular weight excluding hydrogens is 304 g/mol. The standard InChI is InChI=1S/C18H24N4O2/c1-13-9-22(10-15-6-4-3-5-7-15)11-17(13)21-18(23)19-8-16-14(2)24-12-20-16/h3-7,12-13,17H,8-11H2,1-2H3,(H2,19,21,23). The first-order chi connectivity index (χ1) is 11.6. The van der Waals surface area contributed by atoms with Crippen LogP contribution >= 0.6 is 0 Å². The minimum Gasteiger partial charge on any atom is -0.448 e. The second-order valence-corrected chi connectivity index (χ2v) is 6.45. The third-order valence-electron chi connectivity index (χ3n) is 4.51. The molecule has 0 radical (unpaired) electrons. The Balaban J connectivity index is 1.46. The highest BCUT2D eigenvalue weighted by atomic mass is 16.3. The number of aromatic nitrogens is 1. The number of hydrogen-bond donors (Lipinski definition) is 2. The first kappa shape index (κ1) is 16.5. The number of benzene rings is 1. The van der Waals surface area contributed by atoms with Gasteiger partial charge in [-0.05, 0) is 18.4 Å². The van der Waals surface area contributed by atoms with Crippen molar-refractivity contribution in [2.75, 3.05) is 13.1 Å². The summed E-state index contributed by atoms with van der Waals surface area (Å²) >= 11 is 0. The fourth-order valence-corrected chi connectivity index (χ4v) is 3.11. The van der Waals surface area contributed by atoms with Crippen LogP contribution in [-0.2, 0) is 13.1 Å². The molecule has 0 spiro atoms. The van der Waals surface area contributed by atoms with Gasteiger partial charge in [0.1, 0.15) is 11.5 Å². The van der Waals surface area contributed by atoms with Gasteiger partial charge in [-0.25, -0.2) is 9.78 Å². The Morgan fingerprint density at radius 1 is 1.33 bits per heavy atom. The van der Waals surface area contributed by atoms with Crippen molar-refractivity contribution in [1.82, 2.24) is 20.5 Å². The van der Waals surface area contributed by atoms with Crippen molar-refractivity contribution in [3.05, 3.63) is 53.7 Å². The highest BCUT2D eigenvalue weighted by Crippen LogP contribution is 2.18. The lowest BCUT2D eigenvalue weighted by Crippen LogP contribution is -2.45. The van der Waals surface area contributed by atoms with Gasteiger partial charge in [0.05, 0.1) is 6.54 Å². The minimum atomic E-state index is -0.157. The van der Waals surface area contributed by atoms with Crippen LogP contribution in [0.1, 0.15) is 23.9 Å².